The molecule has 20 heavy (non-hydrogen) atoms. The molecule has 1 N–H and O–H groups in total. The topological polar surface area (TPSA) is 77.3 Å². The zero-order valence-electron chi connectivity index (χ0n) is 10.3. The van der Waals surface area contributed by atoms with Crippen LogP contribution in [0.3, 0.4) is 0 Å². The SMILES string of the molecule is COc1cc(F)cc(Nc2ncc([N+](=O)[O-])cc2Cl)c1. The van der Waals surface area contributed by atoms with Crippen LogP contribution in [-0.2, 0) is 0 Å². The Hall–Kier alpha value is -2.41. The number of pyridine rings is 1. The maximum Gasteiger partial charge on any atom is 0.289 e. The minimum Gasteiger partial charge on any atom is -0.497 e. The highest BCUT2D eigenvalue weighted by molar-refractivity contribution is 6.33. The van der Waals surface area contributed by atoms with Crippen LogP contribution in [0.1, 0.15) is 0 Å². The number of hydrogen-bond acceptors (Lipinski definition) is 5. The molecule has 0 amide bonds. The number of rotatable bonds is 4. The molecule has 0 saturated carbocycles. The molecule has 0 bridgehead atoms. The molecule has 8 heteroatoms. The third-order valence-electron chi connectivity index (χ3n) is 2.41. The van der Waals surface area contributed by atoms with E-state index in [0.717, 1.165) is 12.3 Å². The summed E-state index contributed by atoms with van der Waals surface area (Å²) in [6.07, 6.45) is 1.06. The van der Waals surface area contributed by atoms with E-state index in [9.17, 15) is 14.5 Å². The van der Waals surface area contributed by atoms with Crippen molar-refractivity contribution in [1.29, 1.82) is 0 Å². The van der Waals surface area contributed by atoms with Crippen molar-refractivity contribution in [1.82, 2.24) is 4.98 Å². The summed E-state index contributed by atoms with van der Waals surface area (Å²) in [5.74, 6) is 0.0142. The summed E-state index contributed by atoms with van der Waals surface area (Å²) < 4.78 is 18.3. The van der Waals surface area contributed by atoms with Crippen LogP contribution in [0.2, 0.25) is 5.02 Å². The van der Waals surface area contributed by atoms with Gasteiger partial charge in [-0.3, -0.25) is 10.1 Å². The lowest BCUT2D eigenvalue weighted by Crippen LogP contribution is -1.97. The highest BCUT2D eigenvalue weighted by Crippen LogP contribution is 2.28. The second kappa shape index (κ2) is 5.70. The number of nitrogens with zero attached hydrogens (tertiary/aromatic N) is 2. The molecular formula is C12H9ClFN3O3. The number of nitrogens with one attached hydrogen (secondary N) is 1. The van der Waals surface area contributed by atoms with Crippen molar-refractivity contribution < 1.29 is 14.1 Å². The van der Waals surface area contributed by atoms with Crippen molar-refractivity contribution in [2.45, 2.75) is 0 Å². The summed E-state index contributed by atoms with van der Waals surface area (Å²) >= 11 is 5.88. The molecule has 0 aliphatic heterocycles. The number of anilines is 2. The summed E-state index contributed by atoms with van der Waals surface area (Å²) in [4.78, 5) is 13.8. The predicted octanol–water partition coefficient (Wildman–Crippen LogP) is 3.53. The van der Waals surface area contributed by atoms with Gasteiger partial charge in [-0.1, -0.05) is 11.6 Å². The lowest BCUT2D eigenvalue weighted by Gasteiger charge is -2.09. The van der Waals surface area contributed by atoms with E-state index in [1.807, 2.05) is 0 Å². The molecule has 1 aromatic heterocycles. The van der Waals surface area contributed by atoms with Crippen molar-refractivity contribution >= 4 is 28.8 Å². The van der Waals surface area contributed by atoms with Gasteiger partial charge >= 0.3 is 0 Å². The Morgan fingerprint density at radius 1 is 1.40 bits per heavy atom. The van der Waals surface area contributed by atoms with Crippen molar-refractivity contribution in [2.24, 2.45) is 0 Å². The Morgan fingerprint density at radius 2 is 2.15 bits per heavy atom. The zero-order chi connectivity index (χ0) is 14.7. The largest absolute Gasteiger partial charge is 0.497 e. The van der Waals surface area contributed by atoms with E-state index in [2.05, 4.69) is 10.3 Å². The molecule has 1 aromatic carbocycles. The van der Waals surface area contributed by atoms with Crippen molar-refractivity contribution in [3.8, 4) is 5.75 Å². The van der Waals surface area contributed by atoms with E-state index in [4.69, 9.17) is 16.3 Å². The zero-order valence-corrected chi connectivity index (χ0v) is 11.0. The number of nitro groups is 1. The maximum atomic E-state index is 13.3. The maximum absolute atomic E-state index is 13.3. The molecule has 104 valence electrons. The molecule has 0 radical (unpaired) electrons. The lowest BCUT2D eigenvalue weighted by atomic mass is 10.3. The van der Waals surface area contributed by atoms with Gasteiger partial charge in [-0.15, -0.1) is 0 Å². The first-order valence-corrected chi connectivity index (χ1v) is 5.79. The second-order valence-electron chi connectivity index (χ2n) is 3.79. The van der Waals surface area contributed by atoms with E-state index in [1.165, 1.54) is 19.2 Å². The fraction of sp³-hybridized carbons (Fsp3) is 0.0833. The van der Waals surface area contributed by atoms with Crippen molar-refractivity contribution in [3.05, 3.63) is 51.4 Å². The number of ether oxygens (including phenoxy) is 1. The first kappa shape index (κ1) is 14.0. The van der Waals surface area contributed by atoms with Gasteiger partial charge in [0.25, 0.3) is 5.69 Å². The Labute approximate surface area is 118 Å². The third-order valence-corrected chi connectivity index (χ3v) is 2.70. The van der Waals surface area contributed by atoms with Crippen LogP contribution in [0.15, 0.2) is 30.5 Å². The fourth-order valence-electron chi connectivity index (χ4n) is 1.51. The minimum absolute atomic E-state index is 0.0578. The first-order valence-electron chi connectivity index (χ1n) is 5.41. The predicted molar refractivity (Wildman–Crippen MR) is 72.1 cm³/mol. The van der Waals surface area contributed by atoms with E-state index >= 15 is 0 Å². The Bertz CT molecular complexity index is 666. The smallest absolute Gasteiger partial charge is 0.289 e. The summed E-state index contributed by atoms with van der Waals surface area (Å²) in [6.45, 7) is 0. The number of methoxy groups -OCH3 is 1. The molecule has 0 unspecified atom stereocenters. The van der Waals surface area contributed by atoms with Crippen LogP contribution < -0.4 is 10.1 Å². The monoisotopic (exact) mass is 297 g/mol. The Balaban J connectivity index is 2.30. The van der Waals surface area contributed by atoms with Gasteiger partial charge in [-0.25, -0.2) is 9.37 Å². The van der Waals surface area contributed by atoms with Crippen LogP contribution in [-0.4, -0.2) is 17.0 Å². The normalized spacial score (nSPS) is 10.2. The van der Waals surface area contributed by atoms with E-state index < -0.39 is 10.7 Å². The standard InChI is InChI=1S/C12H9ClFN3O3/c1-20-10-3-7(14)2-8(4-10)16-12-11(13)5-9(6-15-12)17(18)19/h2-6H,1H3,(H,15,16). The van der Waals surface area contributed by atoms with Crippen LogP contribution in [0.4, 0.5) is 21.6 Å². The van der Waals surface area contributed by atoms with Gasteiger partial charge in [0.15, 0.2) is 0 Å². The Kier molecular flexibility index (Phi) is 3.99. The molecule has 0 spiro atoms. The van der Waals surface area contributed by atoms with Gasteiger partial charge in [-0.2, -0.15) is 0 Å². The third kappa shape index (κ3) is 3.12. The molecule has 2 aromatic rings. The molecule has 0 atom stereocenters. The molecule has 0 aliphatic carbocycles. The van der Waals surface area contributed by atoms with Crippen LogP contribution in [0.5, 0.6) is 5.75 Å². The highest BCUT2D eigenvalue weighted by atomic mass is 35.5. The molecule has 1 heterocycles. The van der Waals surface area contributed by atoms with Crippen LogP contribution in [0, 0.1) is 15.9 Å². The van der Waals surface area contributed by atoms with Gasteiger partial charge < -0.3 is 10.1 Å². The van der Waals surface area contributed by atoms with Gasteiger partial charge in [-0.05, 0) is 6.07 Å². The Morgan fingerprint density at radius 3 is 2.75 bits per heavy atom. The highest BCUT2D eigenvalue weighted by Gasteiger charge is 2.11. The number of halogens is 2. The second-order valence-corrected chi connectivity index (χ2v) is 4.19. The quantitative estimate of drug-likeness (QED) is 0.690. The lowest BCUT2D eigenvalue weighted by molar-refractivity contribution is -0.385. The summed E-state index contributed by atoms with van der Waals surface area (Å²) in [5.41, 5.74) is 0.141. The van der Waals surface area contributed by atoms with Crippen LogP contribution in [0.25, 0.3) is 0 Å². The molecule has 0 fully saturated rings. The molecule has 2 rings (SSSR count). The van der Waals surface area contributed by atoms with Crippen LogP contribution >= 0.6 is 11.6 Å². The van der Waals surface area contributed by atoms with Crippen molar-refractivity contribution in [2.75, 3.05) is 12.4 Å². The average molecular weight is 298 g/mol. The van der Waals surface area contributed by atoms with Gasteiger partial charge in [0.1, 0.15) is 23.6 Å². The molecular weight excluding hydrogens is 289 g/mol. The summed E-state index contributed by atoms with van der Waals surface area (Å²) in [5, 5.41) is 13.4. The summed E-state index contributed by atoms with van der Waals surface area (Å²) in [6, 6.07) is 5.15. The number of benzene rings is 1. The van der Waals surface area contributed by atoms with Gasteiger partial charge in [0.2, 0.25) is 0 Å². The number of hydrogen-bond donors (Lipinski definition) is 1. The van der Waals surface area contributed by atoms with E-state index in [1.54, 1.807) is 6.07 Å². The van der Waals surface area contributed by atoms with E-state index in [0.29, 0.717) is 11.4 Å². The summed E-state index contributed by atoms with van der Waals surface area (Å²) in [7, 11) is 1.41. The molecule has 6 nitrogen and oxygen atoms in total. The van der Waals surface area contributed by atoms with Crippen molar-refractivity contribution in [3.63, 3.8) is 0 Å². The molecule has 0 aliphatic rings. The minimum atomic E-state index is -0.603. The van der Waals surface area contributed by atoms with E-state index in [-0.39, 0.29) is 16.5 Å². The van der Waals surface area contributed by atoms with Gasteiger partial charge in [0.05, 0.1) is 17.1 Å². The molecule has 0 saturated heterocycles. The first-order chi connectivity index (χ1) is 9.49. The number of aromatic nitrogens is 1. The average Bonchev–Trinajstić information content (AvgIpc) is 2.40. The fourth-order valence-corrected chi connectivity index (χ4v) is 1.72. The van der Waals surface area contributed by atoms with Gasteiger partial charge in [0, 0.05) is 23.9 Å².